The first kappa shape index (κ1) is 13.1. The largest absolute Gasteiger partial charge is 0.478 e. The maximum atomic E-state index is 11.6. The van der Waals surface area contributed by atoms with E-state index >= 15 is 0 Å². The van der Waals surface area contributed by atoms with Crippen molar-refractivity contribution in [2.24, 2.45) is 5.92 Å². The summed E-state index contributed by atoms with van der Waals surface area (Å²) in [7, 11) is 0. The lowest BCUT2D eigenvalue weighted by Gasteiger charge is -2.07. The molecule has 0 spiro atoms. The molecule has 3 N–H and O–H groups in total. The van der Waals surface area contributed by atoms with Crippen molar-refractivity contribution in [1.29, 1.82) is 0 Å². The molecule has 0 atom stereocenters. The van der Waals surface area contributed by atoms with E-state index in [1.165, 1.54) is 18.9 Å². The van der Waals surface area contributed by atoms with Gasteiger partial charge in [0.1, 0.15) is 0 Å². The molecule has 2 amide bonds. The Hall–Kier alpha value is -2.30. The van der Waals surface area contributed by atoms with E-state index in [4.69, 9.17) is 5.11 Å². The molecule has 19 heavy (non-hydrogen) atoms. The van der Waals surface area contributed by atoms with Crippen molar-refractivity contribution in [2.45, 2.75) is 12.8 Å². The van der Waals surface area contributed by atoms with Gasteiger partial charge in [-0.3, -0.25) is 0 Å². The highest BCUT2D eigenvalue weighted by Crippen LogP contribution is 2.27. The van der Waals surface area contributed by atoms with E-state index in [9.17, 15) is 9.59 Å². The van der Waals surface area contributed by atoms with Crippen LogP contribution in [0.3, 0.4) is 0 Å². The summed E-state index contributed by atoms with van der Waals surface area (Å²) >= 11 is 0. The second-order valence-corrected chi connectivity index (χ2v) is 4.58. The molecule has 0 aromatic heterocycles. The fourth-order valence-electron chi connectivity index (χ4n) is 1.62. The van der Waals surface area contributed by atoms with E-state index in [1.807, 2.05) is 0 Å². The van der Waals surface area contributed by atoms with Gasteiger partial charge in [-0.2, -0.15) is 0 Å². The molecule has 0 unspecified atom stereocenters. The molecular weight excluding hydrogens is 244 g/mol. The summed E-state index contributed by atoms with van der Waals surface area (Å²) in [6.45, 7) is 0.713. The highest BCUT2D eigenvalue weighted by Gasteiger charge is 2.21. The Kier molecular flexibility index (Phi) is 4.18. The third-order valence-corrected chi connectivity index (χ3v) is 2.81. The molecule has 1 aliphatic rings. The predicted octanol–water partition coefficient (Wildman–Crippen LogP) is 2.32. The molecule has 5 nitrogen and oxygen atoms in total. The summed E-state index contributed by atoms with van der Waals surface area (Å²) in [5.74, 6) is -0.365. The van der Waals surface area contributed by atoms with Gasteiger partial charge in [0.15, 0.2) is 0 Å². The monoisotopic (exact) mass is 260 g/mol. The zero-order chi connectivity index (χ0) is 13.7. The summed E-state index contributed by atoms with van der Waals surface area (Å²) in [4.78, 5) is 22.0. The highest BCUT2D eigenvalue weighted by molar-refractivity contribution is 5.90. The van der Waals surface area contributed by atoms with E-state index in [-0.39, 0.29) is 6.03 Å². The molecule has 1 fully saturated rings. The van der Waals surface area contributed by atoms with Crippen molar-refractivity contribution in [3.05, 3.63) is 35.9 Å². The Morgan fingerprint density at radius 1 is 1.37 bits per heavy atom. The number of amides is 2. The fourth-order valence-corrected chi connectivity index (χ4v) is 1.62. The van der Waals surface area contributed by atoms with Crippen LogP contribution in [0.15, 0.2) is 30.3 Å². The number of carboxylic acids is 1. The summed E-state index contributed by atoms with van der Waals surface area (Å²) in [5, 5.41) is 14.1. The Morgan fingerprint density at radius 3 is 2.84 bits per heavy atom. The molecule has 1 aromatic carbocycles. The number of nitrogens with one attached hydrogen (secondary N) is 2. The van der Waals surface area contributed by atoms with Gasteiger partial charge in [-0.1, -0.05) is 12.1 Å². The Morgan fingerprint density at radius 2 is 2.16 bits per heavy atom. The van der Waals surface area contributed by atoms with Crippen LogP contribution in [0.25, 0.3) is 6.08 Å². The van der Waals surface area contributed by atoms with Gasteiger partial charge in [-0.05, 0) is 42.5 Å². The van der Waals surface area contributed by atoms with Gasteiger partial charge in [-0.25, -0.2) is 9.59 Å². The topological polar surface area (TPSA) is 78.4 Å². The maximum absolute atomic E-state index is 11.6. The Labute approximate surface area is 111 Å². The molecule has 0 aliphatic heterocycles. The van der Waals surface area contributed by atoms with Gasteiger partial charge in [0.05, 0.1) is 0 Å². The van der Waals surface area contributed by atoms with E-state index in [0.29, 0.717) is 18.2 Å². The summed E-state index contributed by atoms with van der Waals surface area (Å²) in [6, 6.07) is 6.78. The van der Waals surface area contributed by atoms with Gasteiger partial charge < -0.3 is 15.7 Å². The van der Waals surface area contributed by atoms with Crippen molar-refractivity contribution in [1.82, 2.24) is 5.32 Å². The van der Waals surface area contributed by atoms with Crippen molar-refractivity contribution in [3.8, 4) is 0 Å². The molecule has 1 aromatic rings. The molecule has 1 saturated carbocycles. The lowest BCUT2D eigenvalue weighted by molar-refractivity contribution is -0.131. The predicted molar refractivity (Wildman–Crippen MR) is 72.9 cm³/mol. The molecule has 100 valence electrons. The average molecular weight is 260 g/mol. The van der Waals surface area contributed by atoms with Crippen LogP contribution in [-0.4, -0.2) is 23.7 Å². The quantitative estimate of drug-likeness (QED) is 0.711. The number of benzene rings is 1. The van der Waals surface area contributed by atoms with Crippen LogP contribution in [0.2, 0.25) is 0 Å². The van der Waals surface area contributed by atoms with E-state index in [0.717, 1.165) is 11.6 Å². The number of carbonyl (C=O) groups excluding carboxylic acids is 1. The van der Waals surface area contributed by atoms with Gasteiger partial charge in [0.2, 0.25) is 0 Å². The molecule has 1 aliphatic carbocycles. The molecule has 0 bridgehead atoms. The van der Waals surface area contributed by atoms with E-state index in [2.05, 4.69) is 10.6 Å². The number of rotatable bonds is 5. The molecule has 0 saturated heterocycles. The third kappa shape index (κ3) is 4.83. The summed E-state index contributed by atoms with van der Waals surface area (Å²) < 4.78 is 0. The molecule has 5 heteroatoms. The first-order valence-electron chi connectivity index (χ1n) is 6.19. The third-order valence-electron chi connectivity index (χ3n) is 2.81. The molecular formula is C14H16N2O3. The first-order valence-corrected chi connectivity index (χ1v) is 6.19. The standard InChI is InChI=1S/C14H16N2O3/c17-13(18)7-6-10-2-1-3-12(8-10)16-14(19)15-9-11-4-5-11/h1-3,6-8,11H,4-5,9H2,(H,17,18)(H2,15,16,19)/b7-6+. The van der Waals surface area contributed by atoms with Gasteiger partial charge in [-0.15, -0.1) is 0 Å². The van der Waals surface area contributed by atoms with E-state index < -0.39 is 5.97 Å². The van der Waals surface area contributed by atoms with Crippen LogP contribution in [0.1, 0.15) is 18.4 Å². The van der Waals surface area contributed by atoms with Crippen LogP contribution in [0.4, 0.5) is 10.5 Å². The van der Waals surface area contributed by atoms with Gasteiger partial charge >= 0.3 is 12.0 Å². The number of aliphatic carboxylic acids is 1. The first-order chi connectivity index (χ1) is 9.13. The average Bonchev–Trinajstić information content (AvgIpc) is 3.18. The minimum atomic E-state index is -1.000. The van der Waals surface area contributed by atoms with Crippen LogP contribution in [-0.2, 0) is 4.79 Å². The molecule has 2 rings (SSSR count). The van der Waals surface area contributed by atoms with E-state index in [1.54, 1.807) is 24.3 Å². The number of hydrogen-bond acceptors (Lipinski definition) is 2. The SMILES string of the molecule is O=C(O)/C=C/c1cccc(NC(=O)NCC2CC2)c1. The normalized spacial score (nSPS) is 14.3. The van der Waals surface area contributed by atoms with Crippen LogP contribution in [0.5, 0.6) is 0 Å². The minimum Gasteiger partial charge on any atom is -0.478 e. The number of carbonyl (C=O) groups is 2. The Balaban J connectivity index is 1.89. The van der Waals surface area contributed by atoms with Crippen LogP contribution in [0, 0.1) is 5.92 Å². The van der Waals surface area contributed by atoms with Crippen molar-refractivity contribution in [3.63, 3.8) is 0 Å². The number of hydrogen-bond donors (Lipinski definition) is 3. The lowest BCUT2D eigenvalue weighted by Crippen LogP contribution is -2.30. The molecule has 0 radical (unpaired) electrons. The smallest absolute Gasteiger partial charge is 0.328 e. The number of anilines is 1. The maximum Gasteiger partial charge on any atom is 0.328 e. The Bertz CT molecular complexity index is 507. The number of carboxylic acid groups (broad SMARTS) is 1. The zero-order valence-corrected chi connectivity index (χ0v) is 10.4. The summed E-state index contributed by atoms with van der Waals surface area (Å²) in [6.07, 6.45) is 4.92. The van der Waals surface area contributed by atoms with Crippen molar-refractivity contribution >= 4 is 23.8 Å². The fraction of sp³-hybridized carbons (Fsp3) is 0.286. The zero-order valence-electron chi connectivity index (χ0n) is 10.4. The minimum absolute atomic E-state index is 0.230. The molecule has 0 heterocycles. The lowest BCUT2D eigenvalue weighted by atomic mass is 10.2. The summed E-state index contributed by atoms with van der Waals surface area (Å²) in [5.41, 5.74) is 1.36. The second kappa shape index (κ2) is 6.04. The van der Waals surface area contributed by atoms with Crippen molar-refractivity contribution in [2.75, 3.05) is 11.9 Å². The van der Waals surface area contributed by atoms with Crippen LogP contribution < -0.4 is 10.6 Å². The van der Waals surface area contributed by atoms with Gasteiger partial charge in [0.25, 0.3) is 0 Å². The van der Waals surface area contributed by atoms with Gasteiger partial charge in [0, 0.05) is 18.3 Å². The van der Waals surface area contributed by atoms with Crippen molar-refractivity contribution < 1.29 is 14.7 Å². The van der Waals surface area contributed by atoms with Crippen LogP contribution >= 0.6 is 0 Å². The number of urea groups is 1. The second-order valence-electron chi connectivity index (χ2n) is 4.58. The highest BCUT2D eigenvalue weighted by atomic mass is 16.4.